The number of rotatable bonds is 11. The maximum Gasteiger partial charge on any atom is 0.306 e. The van der Waals surface area contributed by atoms with E-state index in [1.54, 1.807) is 36.4 Å². The van der Waals surface area contributed by atoms with Crippen molar-refractivity contribution in [1.29, 1.82) is 0 Å². The molecule has 0 fully saturated rings. The summed E-state index contributed by atoms with van der Waals surface area (Å²) in [5, 5.41) is 8.23. The van der Waals surface area contributed by atoms with Gasteiger partial charge >= 0.3 is 5.97 Å². The Morgan fingerprint density at radius 2 is 1.42 bits per heavy atom. The van der Waals surface area contributed by atoms with Crippen molar-refractivity contribution in [2.24, 2.45) is 0 Å². The van der Waals surface area contributed by atoms with Gasteiger partial charge in [0.25, 0.3) is 5.91 Å². The van der Waals surface area contributed by atoms with Crippen LogP contribution in [-0.2, 0) is 25.5 Å². The third-order valence-corrected chi connectivity index (χ3v) is 5.03. The fourth-order valence-electron chi connectivity index (χ4n) is 3.10. The molecule has 186 valence electrons. The lowest BCUT2D eigenvalue weighted by Gasteiger charge is -2.12. The van der Waals surface area contributed by atoms with Crippen LogP contribution in [0.1, 0.15) is 18.4 Å². The molecule has 0 unspecified atom stereocenters. The summed E-state index contributed by atoms with van der Waals surface area (Å²) in [6.45, 7) is 0.126. The van der Waals surface area contributed by atoms with Gasteiger partial charge in [0.1, 0.15) is 5.75 Å². The Hall–Kier alpha value is -4.24. The number of nitrogens with one attached hydrogen (secondary N) is 3. The van der Waals surface area contributed by atoms with E-state index in [9.17, 15) is 14.4 Å². The molecule has 3 rings (SSSR count). The zero-order valence-corrected chi connectivity index (χ0v) is 20.4. The van der Waals surface area contributed by atoms with Gasteiger partial charge in [-0.1, -0.05) is 54.6 Å². The second-order valence-electron chi connectivity index (χ2n) is 7.69. The maximum absolute atomic E-state index is 12.2. The number of amides is 2. The van der Waals surface area contributed by atoms with Gasteiger partial charge in [-0.15, -0.1) is 0 Å². The fraction of sp³-hybridized carbons (Fsp3) is 0.185. The molecule has 3 aromatic carbocycles. The van der Waals surface area contributed by atoms with E-state index in [1.165, 1.54) is 0 Å². The molecule has 0 aliphatic rings. The molecule has 3 N–H and O–H groups in total. The van der Waals surface area contributed by atoms with Crippen LogP contribution >= 0.6 is 12.2 Å². The average Bonchev–Trinajstić information content (AvgIpc) is 2.88. The Morgan fingerprint density at radius 3 is 2.14 bits per heavy atom. The van der Waals surface area contributed by atoms with E-state index in [0.29, 0.717) is 23.5 Å². The first-order chi connectivity index (χ1) is 17.5. The molecule has 0 atom stereocenters. The molecule has 0 heterocycles. The molecule has 0 aliphatic heterocycles. The first-order valence-corrected chi connectivity index (χ1v) is 11.8. The molecule has 36 heavy (non-hydrogen) atoms. The number of hydrogen-bond acceptors (Lipinski definition) is 6. The number of thiocarbonyl (C=S) groups is 1. The van der Waals surface area contributed by atoms with Gasteiger partial charge in [-0.05, 0) is 48.1 Å². The molecule has 0 bridgehead atoms. The molecule has 2 amide bonds. The lowest BCUT2D eigenvalue weighted by molar-refractivity contribution is -0.144. The lowest BCUT2D eigenvalue weighted by atomic mass is 10.2. The van der Waals surface area contributed by atoms with E-state index in [-0.39, 0.29) is 37.1 Å². The van der Waals surface area contributed by atoms with Crippen molar-refractivity contribution >= 4 is 46.5 Å². The van der Waals surface area contributed by atoms with Gasteiger partial charge in [0.15, 0.2) is 11.7 Å². The second-order valence-corrected chi connectivity index (χ2v) is 8.10. The molecule has 0 spiro atoms. The minimum absolute atomic E-state index is 0.0458. The van der Waals surface area contributed by atoms with Crippen LogP contribution in [0.5, 0.6) is 5.75 Å². The average molecular weight is 506 g/mol. The summed E-state index contributed by atoms with van der Waals surface area (Å²) in [6, 6.07) is 25.6. The van der Waals surface area contributed by atoms with Crippen molar-refractivity contribution < 1.29 is 23.9 Å². The van der Waals surface area contributed by atoms with Crippen LogP contribution in [0.15, 0.2) is 84.9 Å². The molecule has 0 saturated heterocycles. The summed E-state index contributed by atoms with van der Waals surface area (Å²) in [4.78, 5) is 36.2. The van der Waals surface area contributed by atoms with Crippen LogP contribution in [0.3, 0.4) is 0 Å². The largest absolute Gasteiger partial charge is 0.484 e. The topological polar surface area (TPSA) is 106 Å². The molecule has 9 heteroatoms. The van der Waals surface area contributed by atoms with E-state index >= 15 is 0 Å². The van der Waals surface area contributed by atoms with Gasteiger partial charge in [0.05, 0.1) is 13.0 Å². The fourth-order valence-corrected chi connectivity index (χ4v) is 3.34. The molecule has 0 radical (unpaired) electrons. The van der Waals surface area contributed by atoms with Crippen molar-refractivity contribution in [3.05, 3.63) is 90.5 Å². The van der Waals surface area contributed by atoms with E-state index in [2.05, 4.69) is 16.0 Å². The highest BCUT2D eigenvalue weighted by Gasteiger charge is 2.10. The maximum atomic E-state index is 12.2. The second kappa shape index (κ2) is 14.2. The Morgan fingerprint density at radius 1 is 0.750 bits per heavy atom. The molecule has 0 aromatic heterocycles. The van der Waals surface area contributed by atoms with Gasteiger partial charge in [0.2, 0.25) is 5.91 Å². The number of hydrogen-bond donors (Lipinski definition) is 3. The summed E-state index contributed by atoms with van der Waals surface area (Å²) in [7, 11) is 0. The smallest absolute Gasteiger partial charge is 0.306 e. The minimum atomic E-state index is -0.445. The Balaban J connectivity index is 1.34. The van der Waals surface area contributed by atoms with Crippen LogP contribution in [0, 0.1) is 0 Å². The SMILES string of the molecule is O=C(CCC(=O)OCCc1ccccc1)NC(=S)Nc1cccc(NC(=O)COc2ccccc2)c1. The molecule has 0 saturated carbocycles. The highest BCUT2D eigenvalue weighted by atomic mass is 32.1. The monoisotopic (exact) mass is 505 g/mol. The molecular weight excluding hydrogens is 478 g/mol. The van der Waals surface area contributed by atoms with Crippen molar-refractivity contribution in [1.82, 2.24) is 5.32 Å². The number of carbonyl (C=O) groups is 3. The van der Waals surface area contributed by atoms with Crippen molar-refractivity contribution in [3.63, 3.8) is 0 Å². The number of para-hydroxylation sites is 1. The van der Waals surface area contributed by atoms with E-state index in [1.807, 2.05) is 48.5 Å². The molecule has 0 aliphatic carbocycles. The lowest BCUT2D eigenvalue weighted by Crippen LogP contribution is -2.34. The summed E-state index contributed by atoms with van der Waals surface area (Å²) in [5.74, 6) is -0.568. The Labute approximate surface area is 215 Å². The summed E-state index contributed by atoms with van der Waals surface area (Å²) >= 11 is 5.18. The normalized spacial score (nSPS) is 10.1. The Bertz CT molecular complexity index is 1170. The van der Waals surface area contributed by atoms with Gasteiger partial charge in [-0.3, -0.25) is 14.4 Å². The highest BCUT2D eigenvalue weighted by Crippen LogP contribution is 2.15. The minimum Gasteiger partial charge on any atom is -0.484 e. The quantitative estimate of drug-likeness (QED) is 0.266. The van der Waals surface area contributed by atoms with E-state index < -0.39 is 11.9 Å². The van der Waals surface area contributed by atoms with Crippen LogP contribution in [0.25, 0.3) is 0 Å². The zero-order valence-electron chi connectivity index (χ0n) is 19.6. The number of benzene rings is 3. The standard InChI is InChI=1S/C27H27N3O5S/c31-24(14-15-26(33)34-17-16-20-8-3-1-4-9-20)30-27(36)29-22-11-7-10-21(18-22)28-25(32)19-35-23-12-5-2-6-13-23/h1-13,18H,14-17,19H2,(H,28,32)(H2,29,30,31,36). The molecule has 3 aromatic rings. The van der Waals surface area contributed by atoms with Crippen LogP contribution < -0.4 is 20.7 Å². The number of ether oxygens (including phenoxy) is 2. The first kappa shape index (κ1) is 26.4. The predicted octanol–water partition coefficient (Wildman–Crippen LogP) is 4.08. The molecule has 8 nitrogen and oxygen atoms in total. The van der Waals surface area contributed by atoms with Gasteiger partial charge in [0, 0.05) is 24.2 Å². The van der Waals surface area contributed by atoms with E-state index in [0.717, 1.165) is 5.56 Å². The van der Waals surface area contributed by atoms with Gasteiger partial charge in [-0.25, -0.2) is 0 Å². The van der Waals surface area contributed by atoms with Crippen LogP contribution in [0.4, 0.5) is 11.4 Å². The summed E-state index contributed by atoms with van der Waals surface area (Å²) in [6.07, 6.45) is 0.520. The number of esters is 1. The summed E-state index contributed by atoms with van der Waals surface area (Å²) in [5.41, 5.74) is 2.18. The van der Waals surface area contributed by atoms with Gasteiger partial charge < -0.3 is 25.4 Å². The predicted molar refractivity (Wildman–Crippen MR) is 142 cm³/mol. The highest BCUT2D eigenvalue weighted by molar-refractivity contribution is 7.80. The first-order valence-electron chi connectivity index (χ1n) is 11.4. The molecular formula is C27H27N3O5S. The number of carbonyl (C=O) groups excluding carboxylic acids is 3. The van der Waals surface area contributed by atoms with Crippen molar-refractivity contribution in [3.8, 4) is 5.75 Å². The van der Waals surface area contributed by atoms with Crippen LogP contribution in [-0.4, -0.2) is 36.1 Å². The summed E-state index contributed by atoms with van der Waals surface area (Å²) < 4.78 is 10.6. The van der Waals surface area contributed by atoms with Crippen molar-refractivity contribution in [2.75, 3.05) is 23.8 Å². The van der Waals surface area contributed by atoms with E-state index in [4.69, 9.17) is 21.7 Å². The number of anilines is 2. The van der Waals surface area contributed by atoms with Crippen LogP contribution in [0.2, 0.25) is 0 Å². The zero-order chi connectivity index (χ0) is 25.6. The third-order valence-electron chi connectivity index (χ3n) is 4.82. The van der Waals surface area contributed by atoms with Crippen molar-refractivity contribution in [2.45, 2.75) is 19.3 Å². The Kier molecular flexibility index (Phi) is 10.4. The van der Waals surface area contributed by atoms with Gasteiger partial charge in [-0.2, -0.15) is 0 Å². The third kappa shape index (κ3) is 9.94.